The molecule has 2 aromatic rings. The van der Waals surface area contributed by atoms with Crippen LogP contribution < -0.4 is 20.1 Å². The third kappa shape index (κ3) is 4.27. The van der Waals surface area contributed by atoms with Crippen LogP contribution in [0.1, 0.15) is 29.5 Å². The van der Waals surface area contributed by atoms with E-state index in [1.165, 1.54) is 5.56 Å². The molecule has 1 aliphatic carbocycles. The van der Waals surface area contributed by atoms with Gasteiger partial charge in [0.25, 0.3) is 0 Å². The number of methoxy groups -OCH3 is 2. The SMILES string of the molecule is COc1ccc(CNC(=O)C2(C(=O)NCc3ccc(C)cc3)CC2)cc1OC. The lowest BCUT2D eigenvalue weighted by molar-refractivity contribution is -0.137. The van der Waals surface area contributed by atoms with E-state index in [0.29, 0.717) is 37.4 Å². The Morgan fingerprint density at radius 1 is 0.857 bits per heavy atom. The summed E-state index contributed by atoms with van der Waals surface area (Å²) >= 11 is 0. The van der Waals surface area contributed by atoms with Crippen molar-refractivity contribution in [2.75, 3.05) is 14.2 Å². The molecular weight excluding hydrogens is 356 g/mol. The minimum atomic E-state index is -0.943. The first kappa shape index (κ1) is 19.7. The Hall–Kier alpha value is -3.02. The van der Waals surface area contributed by atoms with Gasteiger partial charge in [-0.05, 0) is 43.0 Å². The Labute approximate surface area is 165 Å². The molecule has 2 amide bonds. The highest BCUT2D eigenvalue weighted by Crippen LogP contribution is 2.46. The molecule has 1 fully saturated rings. The lowest BCUT2D eigenvalue weighted by Gasteiger charge is -2.16. The second-order valence-corrected chi connectivity index (χ2v) is 7.12. The van der Waals surface area contributed by atoms with Crippen LogP contribution in [-0.4, -0.2) is 26.0 Å². The summed E-state index contributed by atoms with van der Waals surface area (Å²) in [6.07, 6.45) is 1.15. The number of hydrogen-bond acceptors (Lipinski definition) is 4. The van der Waals surface area contributed by atoms with E-state index < -0.39 is 5.41 Å². The number of aryl methyl sites for hydroxylation is 1. The summed E-state index contributed by atoms with van der Waals surface area (Å²) in [5, 5.41) is 5.78. The quantitative estimate of drug-likeness (QED) is 0.689. The van der Waals surface area contributed by atoms with Crippen molar-refractivity contribution in [3.63, 3.8) is 0 Å². The molecule has 0 bridgehead atoms. The zero-order chi connectivity index (χ0) is 20.1. The second kappa shape index (κ2) is 8.33. The third-order valence-electron chi connectivity index (χ3n) is 5.09. The van der Waals surface area contributed by atoms with Gasteiger partial charge in [0, 0.05) is 13.1 Å². The number of benzene rings is 2. The van der Waals surface area contributed by atoms with E-state index in [-0.39, 0.29) is 11.8 Å². The summed E-state index contributed by atoms with van der Waals surface area (Å²) in [6.45, 7) is 2.76. The number of nitrogens with one attached hydrogen (secondary N) is 2. The van der Waals surface area contributed by atoms with Gasteiger partial charge < -0.3 is 20.1 Å². The van der Waals surface area contributed by atoms with Gasteiger partial charge in [0.15, 0.2) is 11.5 Å². The van der Waals surface area contributed by atoms with Crippen molar-refractivity contribution in [2.24, 2.45) is 5.41 Å². The molecule has 6 heteroatoms. The standard InChI is InChI=1S/C22H26N2O4/c1-15-4-6-16(7-5-15)13-23-20(25)22(10-11-22)21(26)24-14-17-8-9-18(27-2)19(12-17)28-3/h4-9,12H,10-11,13-14H2,1-3H3,(H,23,25)(H,24,26). The van der Waals surface area contributed by atoms with Gasteiger partial charge in [-0.15, -0.1) is 0 Å². The number of rotatable bonds is 8. The highest BCUT2D eigenvalue weighted by atomic mass is 16.5. The topological polar surface area (TPSA) is 76.7 Å². The summed E-state index contributed by atoms with van der Waals surface area (Å²) < 4.78 is 10.5. The Kier molecular flexibility index (Phi) is 5.87. The second-order valence-electron chi connectivity index (χ2n) is 7.12. The van der Waals surface area contributed by atoms with Crippen molar-refractivity contribution in [1.29, 1.82) is 0 Å². The van der Waals surface area contributed by atoms with Crippen molar-refractivity contribution in [3.8, 4) is 11.5 Å². The summed E-state index contributed by atoms with van der Waals surface area (Å²) in [4.78, 5) is 25.2. The smallest absolute Gasteiger partial charge is 0.235 e. The highest BCUT2D eigenvalue weighted by Gasteiger charge is 2.56. The molecule has 6 nitrogen and oxygen atoms in total. The maximum atomic E-state index is 12.6. The van der Waals surface area contributed by atoms with E-state index in [1.54, 1.807) is 20.3 Å². The zero-order valence-electron chi connectivity index (χ0n) is 16.5. The predicted molar refractivity (Wildman–Crippen MR) is 106 cm³/mol. The zero-order valence-corrected chi connectivity index (χ0v) is 16.5. The Balaban J connectivity index is 1.56. The van der Waals surface area contributed by atoms with Gasteiger partial charge in [-0.1, -0.05) is 35.9 Å². The molecule has 2 aromatic carbocycles. The minimum Gasteiger partial charge on any atom is -0.493 e. The highest BCUT2D eigenvalue weighted by molar-refractivity contribution is 6.07. The molecule has 0 spiro atoms. The average Bonchev–Trinajstić information content (AvgIpc) is 3.53. The summed E-state index contributed by atoms with van der Waals surface area (Å²) in [6, 6.07) is 13.4. The predicted octanol–water partition coefficient (Wildman–Crippen LogP) is 2.73. The summed E-state index contributed by atoms with van der Waals surface area (Å²) in [5.74, 6) is 0.791. The molecule has 0 aliphatic heterocycles. The number of hydrogen-bond donors (Lipinski definition) is 2. The largest absolute Gasteiger partial charge is 0.493 e. The Morgan fingerprint density at radius 2 is 1.39 bits per heavy atom. The molecule has 3 rings (SSSR count). The summed E-state index contributed by atoms with van der Waals surface area (Å²) in [5.41, 5.74) is 2.12. The van der Waals surface area contributed by atoms with Gasteiger partial charge >= 0.3 is 0 Å². The van der Waals surface area contributed by atoms with Crippen LogP contribution in [0.25, 0.3) is 0 Å². The fourth-order valence-electron chi connectivity index (χ4n) is 3.08. The maximum absolute atomic E-state index is 12.6. The van der Waals surface area contributed by atoms with Gasteiger partial charge in [0.2, 0.25) is 11.8 Å². The van der Waals surface area contributed by atoms with Crippen molar-refractivity contribution in [3.05, 3.63) is 59.2 Å². The number of carbonyl (C=O) groups is 2. The Morgan fingerprint density at radius 3 is 1.93 bits per heavy atom. The van der Waals surface area contributed by atoms with Gasteiger partial charge in [0.1, 0.15) is 5.41 Å². The van der Waals surface area contributed by atoms with Crippen LogP contribution in [0.15, 0.2) is 42.5 Å². The van der Waals surface area contributed by atoms with Crippen LogP contribution in [0.2, 0.25) is 0 Å². The van der Waals surface area contributed by atoms with Crippen LogP contribution in [0, 0.1) is 12.3 Å². The van der Waals surface area contributed by atoms with Gasteiger partial charge in [-0.3, -0.25) is 9.59 Å². The fraction of sp³-hybridized carbons (Fsp3) is 0.364. The molecule has 0 saturated heterocycles. The van der Waals surface area contributed by atoms with Gasteiger partial charge in [-0.25, -0.2) is 0 Å². The molecule has 1 aliphatic rings. The van der Waals surface area contributed by atoms with E-state index in [0.717, 1.165) is 11.1 Å². The van der Waals surface area contributed by atoms with E-state index in [9.17, 15) is 9.59 Å². The molecule has 0 aromatic heterocycles. The number of carbonyl (C=O) groups excluding carboxylic acids is 2. The van der Waals surface area contributed by atoms with Crippen molar-refractivity contribution in [1.82, 2.24) is 10.6 Å². The molecule has 0 unspecified atom stereocenters. The molecular formula is C22H26N2O4. The molecule has 0 heterocycles. The van der Waals surface area contributed by atoms with Crippen LogP contribution >= 0.6 is 0 Å². The van der Waals surface area contributed by atoms with Crippen molar-refractivity contribution in [2.45, 2.75) is 32.9 Å². The molecule has 0 atom stereocenters. The molecule has 28 heavy (non-hydrogen) atoms. The van der Waals surface area contributed by atoms with E-state index in [2.05, 4.69) is 10.6 Å². The van der Waals surface area contributed by atoms with Crippen LogP contribution in [0.5, 0.6) is 11.5 Å². The lowest BCUT2D eigenvalue weighted by atomic mass is 10.0. The number of ether oxygens (including phenoxy) is 2. The van der Waals surface area contributed by atoms with Crippen molar-refractivity contribution < 1.29 is 19.1 Å². The van der Waals surface area contributed by atoms with Crippen molar-refractivity contribution >= 4 is 11.8 Å². The monoisotopic (exact) mass is 382 g/mol. The first-order valence-electron chi connectivity index (χ1n) is 9.31. The van der Waals surface area contributed by atoms with E-state index in [4.69, 9.17) is 9.47 Å². The average molecular weight is 382 g/mol. The van der Waals surface area contributed by atoms with E-state index in [1.807, 2.05) is 43.3 Å². The number of amides is 2. The van der Waals surface area contributed by atoms with Crippen LogP contribution in [-0.2, 0) is 22.7 Å². The molecule has 1 saturated carbocycles. The van der Waals surface area contributed by atoms with Crippen LogP contribution in [0.4, 0.5) is 0 Å². The third-order valence-corrected chi connectivity index (χ3v) is 5.09. The lowest BCUT2D eigenvalue weighted by Crippen LogP contribution is -2.42. The van der Waals surface area contributed by atoms with Gasteiger partial charge in [0.05, 0.1) is 14.2 Å². The Bertz CT molecular complexity index is 857. The summed E-state index contributed by atoms with van der Waals surface area (Å²) in [7, 11) is 3.14. The van der Waals surface area contributed by atoms with Gasteiger partial charge in [-0.2, -0.15) is 0 Å². The molecule has 2 N–H and O–H groups in total. The minimum absolute atomic E-state index is 0.210. The fourth-order valence-corrected chi connectivity index (χ4v) is 3.08. The normalized spacial score (nSPS) is 14.1. The van der Waals surface area contributed by atoms with Crippen LogP contribution in [0.3, 0.4) is 0 Å². The first-order chi connectivity index (χ1) is 13.5. The van der Waals surface area contributed by atoms with E-state index >= 15 is 0 Å². The molecule has 148 valence electrons. The molecule has 0 radical (unpaired) electrons. The first-order valence-corrected chi connectivity index (χ1v) is 9.31. The maximum Gasteiger partial charge on any atom is 0.235 e.